The standard InChI is InChI=1S/C23H25N5O2/c1-16-21(17(2)28(26-16)15-18-6-4-3-5-7-18)14-25-22(29)19-8-10-20(11-9-19)27-13-12-24-23(27)30/h3-11H,12-15H2,1-2H3,(H,24,30)(H,25,29). The highest BCUT2D eigenvalue weighted by Gasteiger charge is 2.21. The van der Waals surface area contributed by atoms with E-state index in [1.165, 1.54) is 5.56 Å². The van der Waals surface area contributed by atoms with Crippen LogP contribution in [0.3, 0.4) is 0 Å². The number of hydrogen-bond donors (Lipinski definition) is 2. The lowest BCUT2D eigenvalue weighted by Gasteiger charge is -2.14. The molecule has 30 heavy (non-hydrogen) atoms. The Labute approximate surface area is 175 Å². The van der Waals surface area contributed by atoms with Gasteiger partial charge in [-0.2, -0.15) is 5.10 Å². The Bertz CT molecular complexity index is 1060. The van der Waals surface area contributed by atoms with Crippen molar-refractivity contribution in [2.24, 2.45) is 0 Å². The lowest BCUT2D eigenvalue weighted by atomic mass is 10.1. The van der Waals surface area contributed by atoms with Crippen LogP contribution in [0.4, 0.5) is 10.5 Å². The lowest BCUT2D eigenvalue weighted by molar-refractivity contribution is 0.0951. The SMILES string of the molecule is Cc1nn(Cc2ccccc2)c(C)c1CNC(=O)c1ccc(N2CCNC2=O)cc1. The molecular weight excluding hydrogens is 378 g/mol. The highest BCUT2D eigenvalue weighted by Crippen LogP contribution is 2.18. The van der Waals surface area contributed by atoms with Gasteiger partial charge in [-0.05, 0) is 43.7 Å². The fraction of sp³-hybridized carbons (Fsp3) is 0.261. The van der Waals surface area contributed by atoms with Gasteiger partial charge in [0.15, 0.2) is 0 Å². The van der Waals surface area contributed by atoms with Crippen LogP contribution in [0.1, 0.15) is 32.9 Å². The van der Waals surface area contributed by atoms with E-state index in [0.29, 0.717) is 31.7 Å². The third-order valence-corrected chi connectivity index (χ3v) is 5.43. The van der Waals surface area contributed by atoms with Gasteiger partial charge in [-0.1, -0.05) is 30.3 Å². The van der Waals surface area contributed by atoms with E-state index < -0.39 is 0 Å². The number of carbonyl (C=O) groups excluding carboxylic acids is 2. The van der Waals surface area contributed by atoms with E-state index in [4.69, 9.17) is 0 Å². The Kier molecular flexibility index (Phi) is 5.52. The van der Waals surface area contributed by atoms with E-state index in [2.05, 4.69) is 27.9 Å². The van der Waals surface area contributed by atoms with E-state index in [1.807, 2.05) is 36.7 Å². The summed E-state index contributed by atoms with van der Waals surface area (Å²) in [5.74, 6) is -0.151. The van der Waals surface area contributed by atoms with E-state index in [9.17, 15) is 9.59 Å². The van der Waals surface area contributed by atoms with Crippen LogP contribution >= 0.6 is 0 Å². The second-order valence-corrected chi connectivity index (χ2v) is 7.41. The van der Waals surface area contributed by atoms with E-state index in [0.717, 1.165) is 22.6 Å². The molecule has 1 aliphatic heterocycles. The molecule has 2 N–H and O–H groups in total. The maximum atomic E-state index is 12.6. The predicted octanol–water partition coefficient (Wildman–Crippen LogP) is 3.01. The lowest BCUT2D eigenvalue weighted by Crippen LogP contribution is -2.28. The molecule has 7 heteroatoms. The summed E-state index contributed by atoms with van der Waals surface area (Å²) in [6.07, 6.45) is 0. The van der Waals surface area contributed by atoms with Gasteiger partial charge in [-0.3, -0.25) is 14.4 Å². The normalized spacial score (nSPS) is 13.4. The summed E-state index contributed by atoms with van der Waals surface area (Å²) in [6, 6.07) is 17.2. The minimum atomic E-state index is -0.151. The fourth-order valence-electron chi connectivity index (χ4n) is 3.68. The van der Waals surface area contributed by atoms with Crippen LogP contribution in [0, 0.1) is 13.8 Å². The van der Waals surface area contributed by atoms with Crippen molar-refractivity contribution in [1.82, 2.24) is 20.4 Å². The number of anilines is 1. The summed E-state index contributed by atoms with van der Waals surface area (Å²) in [5, 5.41) is 10.4. The quantitative estimate of drug-likeness (QED) is 0.664. The Balaban J connectivity index is 1.41. The number of nitrogens with zero attached hydrogens (tertiary/aromatic N) is 3. The molecule has 3 aromatic rings. The smallest absolute Gasteiger partial charge is 0.321 e. The topological polar surface area (TPSA) is 79.3 Å². The fourth-order valence-corrected chi connectivity index (χ4v) is 3.68. The summed E-state index contributed by atoms with van der Waals surface area (Å²) in [7, 11) is 0. The number of amides is 3. The van der Waals surface area contributed by atoms with Gasteiger partial charge in [0, 0.05) is 42.1 Å². The van der Waals surface area contributed by atoms with Crippen molar-refractivity contribution < 1.29 is 9.59 Å². The molecule has 1 saturated heterocycles. The molecule has 2 aromatic carbocycles. The number of aromatic nitrogens is 2. The third-order valence-electron chi connectivity index (χ3n) is 5.43. The molecule has 0 atom stereocenters. The molecule has 0 spiro atoms. The van der Waals surface area contributed by atoms with Crippen LogP contribution in [0.15, 0.2) is 54.6 Å². The van der Waals surface area contributed by atoms with Crippen LogP contribution in [-0.4, -0.2) is 34.8 Å². The monoisotopic (exact) mass is 403 g/mol. The molecule has 3 amide bonds. The molecule has 7 nitrogen and oxygen atoms in total. The van der Waals surface area contributed by atoms with Gasteiger partial charge in [0.1, 0.15) is 0 Å². The summed E-state index contributed by atoms with van der Waals surface area (Å²) in [6.45, 7) is 6.38. The number of carbonyl (C=O) groups is 2. The van der Waals surface area contributed by atoms with Crippen LogP contribution in [0.5, 0.6) is 0 Å². The molecule has 2 heterocycles. The van der Waals surface area contributed by atoms with Crippen molar-refractivity contribution in [3.8, 4) is 0 Å². The van der Waals surface area contributed by atoms with Crippen molar-refractivity contribution in [2.75, 3.05) is 18.0 Å². The molecule has 4 rings (SSSR count). The summed E-state index contributed by atoms with van der Waals surface area (Å²) in [5.41, 5.74) is 5.53. The van der Waals surface area contributed by atoms with Crippen molar-refractivity contribution in [3.05, 3.63) is 82.7 Å². The Hall–Kier alpha value is -3.61. The zero-order chi connectivity index (χ0) is 21.1. The van der Waals surface area contributed by atoms with Crippen LogP contribution in [0.25, 0.3) is 0 Å². The van der Waals surface area contributed by atoms with Crippen molar-refractivity contribution in [3.63, 3.8) is 0 Å². The second-order valence-electron chi connectivity index (χ2n) is 7.41. The van der Waals surface area contributed by atoms with Crippen LogP contribution in [-0.2, 0) is 13.1 Å². The predicted molar refractivity (Wildman–Crippen MR) is 116 cm³/mol. The molecule has 154 valence electrons. The first-order valence-corrected chi connectivity index (χ1v) is 10.0. The van der Waals surface area contributed by atoms with Crippen molar-refractivity contribution >= 4 is 17.6 Å². The average Bonchev–Trinajstić information content (AvgIpc) is 3.30. The molecule has 0 saturated carbocycles. The van der Waals surface area contributed by atoms with Crippen LogP contribution < -0.4 is 15.5 Å². The molecule has 1 aromatic heterocycles. The first-order valence-electron chi connectivity index (χ1n) is 10.0. The Morgan fingerprint density at radius 3 is 2.50 bits per heavy atom. The number of benzene rings is 2. The largest absolute Gasteiger partial charge is 0.348 e. The maximum absolute atomic E-state index is 12.6. The first-order chi connectivity index (χ1) is 14.5. The van der Waals surface area contributed by atoms with Gasteiger partial charge < -0.3 is 10.6 Å². The zero-order valence-electron chi connectivity index (χ0n) is 17.2. The van der Waals surface area contributed by atoms with Gasteiger partial charge in [0.2, 0.25) is 0 Å². The van der Waals surface area contributed by atoms with E-state index >= 15 is 0 Å². The number of nitrogens with one attached hydrogen (secondary N) is 2. The summed E-state index contributed by atoms with van der Waals surface area (Å²) < 4.78 is 1.97. The molecular formula is C23H25N5O2. The van der Waals surface area contributed by atoms with Crippen LogP contribution in [0.2, 0.25) is 0 Å². The summed E-state index contributed by atoms with van der Waals surface area (Å²) >= 11 is 0. The molecule has 1 fully saturated rings. The average molecular weight is 403 g/mol. The Morgan fingerprint density at radius 2 is 1.83 bits per heavy atom. The molecule has 0 bridgehead atoms. The highest BCUT2D eigenvalue weighted by atomic mass is 16.2. The maximum Gasteiger partial charge on any atom is 0.321 e. The van der Waals surface area contributed by atoms with Gasteiger partial charge in [0.05, 0.1) is 12.2 Å². The number of hydrogen-bond acceptors (Lipinski definition) is 3. The minimum absolute atomic E-state index is 0.106. The molecule has 1 aliphatic rings. The Morgan fingerprint density at radius 1 is 1.10 bits per heavy atom. The number of urea groups is 1. The minimum Gasteiger partial charge on any atom is -0.348 e. The molecule has 0 radical (unpaired) electrons. The van der Waals surface area contributed by atoms with Gasteiger partial charge in [0.25, 0.3) is 5.91 Å². The van der Waals surface area contributed by atoms with Crippen molar-refractivity contribution in [2.45, 2.75) is 26.9 Å². The number of rotatable bonds is 6. The van der Waals surface area contributed by atoms with Crippen molar-refractivity contribution in [1.29, 1.82) is 0 Å². The van der Waals surface area contributed by atoms with E-state index in [-0.39, 0.29) is 11.9 Å². The highest BCUT2D eigenvalue weighted by molar-refractivity contribution is 5.97. The number of aryl methyl sites for hydroxylation is 1. The van der Waals surface area contributed by atoms with E-state index in [1.54, 1.807) is 29.2 Å². The second kappa shape index (κ2) is 8.41. The van der Waals surface area contributed by atoms with Gasteiger partial charge in [-0.25, -0.2) is 4.79 Å². The van der Waals surface area contributed by atoms with Gasteiger partial charge in [-0.15, -0.1) is 0 Å². The van der Waals surface area contributed by atoms with Gasteiger partial charge >= 0.3 is 6.03 Å². The molecule has 0 aliphatic carbocycles. The molecule has 0 unspecified atom stereocenters. The summed E-state index contributed by atoms with van der Waals surface area (Å²) in [4.78, 5) is 26.0. The third kappa shape index (κ3) is 4.05. The first kappa shape index (κ1) is 19.7. The zero-order valence-corrected chi connectivity index (χ0v) is 17.2.